The Morgan fingerprint density at radius 3 is 1.55 bits per heavy atom. The summed E-state index contributed by atoms with van der Waals surface area (Å²) in [7, 11) is 0.00849. The van der Waals surface area contributed by atoms with E-state index in [0.29, 0.717) is 0 Å². The lowest BCUT2D eigenvalue weighted by Crippen LogP contribution is -2.06. The first-order valence-corrected chi connectivity index (χ1v) is 6.65. The van der Waals surface area contributed by atoms with Crippen molar-refractivity contribution >= 4 is 9.76 Å². The van der Waals surface area contributed by atoms with Crippen molar-refractivity contribution in [1.82, 2.24) is 0 Å². The second kappa shape index (κ2) is 6.86. The Hall–Kier alpha value is 0.177. The monoisotopic (exact) mass is 172 g/mol. The van der Waals surface area contributed by atoms with E-state index in [0.717, 1.165) is 6.61 Å². The SMILES string of the molecule is C1CCCC1.C1CC[SiH2]OC1. The molecule has 1 aliphatic carbocycles. The molecule has 1 saturated heterocycles. The molecule has 1 aliphatic heterocycles. The third kappa shape index (κ3) is 5.45. The van der Waals surface area contributed by atoms with Crippen LogP contribution in [0.4, 0.5) is 0 Å². The van der Waals surface area contributed by atoms with E-state index >= 15 is 0 Å². The van der Waals surface area contributed by atoms with Crippen LogP contribution in [-0.4, -0.2) is 16.4 Å². The fraction of sp³-hybridized carbons (Fsp3) is 1.00. The van der Waals surface area contributed by atoms with Crippen molar-refractivity contribution in [3.63, 3.8) is 0 Å². The second-order valence-corrected chi connectivity index (χ2v) is 4.96. The molecule has 0 unspecified atom stereocenters. The topological polar surface area (TPSA) is 9.23 Å². The van der Waals surface area contributed by atoms with Crippen molar-refractivity contribution in [2.75, 3.05) is 6.61 Å². The van der Waals surface area contributed by atoms with Gasteiger partial charge in [0.25, 0.3) is 0 Å². The maximum atomic E-state index is 5.21. The van der Waals surface area contributed by atoms with E-state index in [2.05, 4.69) is 0 Å². The number of hydrogen-bond acceptors (Lipinski definition) is 1. The van der Waals surface area contributed by atoms with Crippen LogP contribution < -0.4 is 0 Å². The van der Waals surface area contributed by atoms with Crippen LogP contribution in [0.5, 0.6) is 0 Å². The lowest BCUT2D eigenvalue weighted by atomic mass is 10.4. The Morgan fingerprint density at radius 1 is 0.727 bits per heavy atom. The molecule has 0 aromatic carbocycles. The Kier molecular flexibility index (Phi) is 5.78. The normalized spacial score (nSPS) is 26.2. The van der Waals surface area contributed by atoms with Crippen LogP contribution in [-0.2, 0) is 4.43 Å². The average Bonchev–Trinajstić information content (AvgIpc) is 2.64. The van der Waals surface area contributed by atoms with E-state index in [9.17, 15) is 0 Å². The lowest BCUT2D eigenvalue weighted by molar-refractivity contribution is 0.304. The minimum atomic E-state index is 0.00849. The van der Waals surface area contributed by atoms with Crippen molar-refractivity contribution in [1.29, 1.82) is 0 Å². The minimum Gasteiger partial charge on any atom is -0.424 e. The molecule has 0 aromatic heterocycles. The molecule has 1 nitrogen and oxygen atoms in total. The molecule has 66 valence electrons. The zero-order chi connectivity index (χ0) is 7.78. The maximum Gasteiger partial charge on any atom is 0.161 e. The fourth-order valence-electron chi connectivity index (χ4n) is 1.57. The molecule has 0 aromatic rings. The van der Waals surface area contributed by atoms with Gasteiger partial charge >= 0.3 is 0 Å². The summed E-state index contributed by atoms with van der Waals surface area (Å²) in [6, 6.07) is 1.42. The van der Waals surface area contributed by atoms with Gasteiger partial charge in [-0.15, -0.1) is 0 Å². The Morgan fingerprint density at radius 2 is 1.36 bits per heavy atom. The van der Waals surface area contributed by atoms with Gasteiger partial charge in [0.15, 0.2) is 9.76 Å². The van der Waals surface area contributed by atoms with Crippen LogP contribution in [0.15, 0.2) is 0 Å². The molecular weight excluding hydrogens is 152 g/mol. The minimum absolute atomic E-state index is 0.00849. The summed E-state index contributed by atoms with van der Waals surface area (Å²) in [5.41, 5.74) is 0. The summed E-state index contributed by atoms with van der Waals surface area (Å²) >= 11 is 0. The Labute approximate surface area is 72.5 Å². The molecule has 1 saturated carbocycles. The molecule has 1 heterocycles. The molecule has 0 spiro atoms. The summed E-state index contributed by atoms with van der Waals surface area (Å²) in [5.74, 6) is 0. The highest BCUT2D eigenvalue weighted by Gasteiger charge is 1.96. The van der Waals surface area contributed by atoms with Crippen LogP contribution in [0.1, 0.15) is 44.9 Å². The van der Waals surface area contributed by atoms with Crippen molar-refractivity contribution in [2.24, 2.45) is 0 Å². The Bertz CT molecular complexity index is 58.5. The first-order valence-electron chi connectivity index (χ1n) is 5.08. The zero-order valence-corrected chi connectivity index (χ0v) is 8.89. The summed E-state index contributed by atoms with van der Waals surface area (Å²) in [6.45, 7) is 1.06. The van der Waals surface area contributed by atoms with Crippen LogP contribution in [0.2, 0.25) is 6.04 Å². The van der Waals surface area contributed by atoms with E-state index in [1.54, 1.807) is 0 Å². The molecule has 2 rings (SSSR count). The van der Waals surface area contributed by atoms with Crippen LogP contribution >= 0.6 is 0 Å². The van der Waals surface area contributed by atoms with Gasteiger partial charge < -0.3 is 4.43 Å². The van der Waals surface area contributed by atoms with Crippen molar-refractivity contribution in [3.8, 4) is 0 Å². The molecule has 0 bridgehead atoms. The molecule has 11 heavy (non-hydrogen) atoms. The van der Waals surface area contributed by atoms with Crippen LogP contribution in [0.25, 0.3) is 0 Å². The van der Waals surface area contributed by atoms with E-state index < -0.39 is 0 Å². The molecule has 2 aliphatic rings. The van der Waals surface area contributed by atoms with Gasteiger partial charge in [-0.05, 0) is 12.5 Å². The third-order valence-electron chi connectivity index (χ3n) is 2.33. The quantitative estimate of drug-likeness (QED) is 0.509. The van der Waals surface area contributed by atoms with Crippen molar-refractivity contribution in [2.45, 2.75) is 51.0 Å². The van der Waals surface area contributed by atoms with Gasteiger partial charge in [0.1, 0.15) is 0 Å². The van der Waals surface area contributed by atoms with Gasteiger partial charge in [0.05, 0.1) is 0 Å². The van der Waals surface area contributed by atoms with Crippen molar-refractivity contribution in [3.05, 3.63) is 0 Å². The first kappa shape index (κ1) is 9.27. The van der Waals surface area contributed by atoms with Crippen molar-refractivity contribution < 1.29 is 4.43 Å². The number of rotatable bonds is 0. The second-order valence-electron chi connectivity index (χ2n) is 3.44. The molecule has 0 atom stereocenters. The van der Waals surface area contributed by atoms with Gasteiger partial charge in [-0.1, -0.05) is 38.5 Å². The zero-order valence-electron chi connectivity index (χ0n) is 7.48. The summed E-state index contributed by atoms with van der Waals surface area (Å²) in [5, 5.41) is 0. The summed E-state index contributed by atoms with van der Waals surface area (Å²) in [6.07, 6.45) is 10.2. The predicted octanol–water partition coefficient (Wildman–Crippen LogP) is 2.25. The van der Waals surface area contributed by atoms with Gasteiger partial charge in [0.2, 0.25) is 0 Å². The summed E-state index contributed by atoms with van der Waals surface area (Å²) in [4.78, 5) is 0. The first-order chi connectivity index (χ1) is 5.50. The van der Waals surface area contributed by atoms with E-state index in [1.807, 2.05) is 0 Å². The molecule has 0 N–H and O–H groups in total. The Balaban J connectivity index is 0.000000112. The lowest BCUT2D eigenvalue weighted by Gasteiger charge is -2.07. The molecule has 2 fully saturated rings. The van der Waals surface area contributed by atoms with Gasteiger partial charge in [0, 0.05) is 6.61 Å². The van der Waals surface area contributed by atoms with E-state index in [1.165, 1.54) is 51.0 Å². The summed E-state index contributed by atoms with van der Waals surface area (Å²) < 4.78 is 5.21. The smallest absolute Gasteiger partial charge is 0.161 e. The molecule has 2 heteroatoms. The number of hydrogen-bond donors (Lipinski definition) is 0. The molecule has 0 radical (unpaired) electrons. The van der Waals surface area contributed by atoms with Crippen LogP contribution in [0, 0.1) is 0 Å². The maximum absolute atomic E-state index is 5.21. The van der Waals surface area contributed by atoms with E-state index in [-0.39, 0.29) is 9.76 Å². The van der Waals surface area contributed by atoms with E-state index in [4.69, 9.17) is 4.43 Å². The largest absolute Gasteiger partial charge is 0.424 e. The molecule has 0 amide bonds. The highest BCUT2D eigenvalue weighted by atomic mass is 28.2. The van der Waals surface area contributed by atoms with Gasteiger partial charge in [-0.2, -0.15) is 0 Å². The van der Waals surface area contributed by atoms with Gasteiger partial charge in [-0.25, -0.2) is 0 Å². The highest BCUT2D eigenvalue weighted by molar-refractivity contribution is 6.27. The van der Waals surface area contributed by atoms with Gasteiger partial charge in [-0.3, -0.25) is 0 Å². The predicted molar refractivity (Wildman–Crippen MR) is 51.6 cm³/mol. The average molecular weight is 172 g/mol. The highest BCUT2D eigenvalue weighted by Crippen LogP contribution is 2.15. The fourth-order valence-corrected chi connectivity index (χ4v) is 2.74. The molecular formula is C9H20OSi. The van der Waals surface area contributed by atoms with Crippen LogP contribution in [0.3, 0.4) is 0 Å². The third-order valence-corrected chi connectivity index (χ3v) is 3.69. The standard InChI is InChI=1S/C5H10.C4H10OSi/c1-2-4-5-3-1;1-2-4-6-5-3-1/h1-5H2;1-4,6H2.